The van der Waals surface area contributed by atoms with Gasteiger partial charge in [-0.1, -0.05) is 29.8 Å². The van der Waals surface area contributed by atoms with Gasteiger partial charge in [0, 0.05) is 34.2 Å². The maximum atomic E-state index is 14.4. The summed E-state index contributed by atoms with van der Waals surface area (Å²) in [6.07, 6.45) is -2.56. The van der Waals surface area contributed by atoms with Crippen LogP contribution in [0.15, 0.2) is 102 Å². The average molecular weight is 644 g/mol. The summed E-state index contributed by atoms with van der Waals surface area (Å²) in [4.78, 5) is 23.8. The molecule has 0 bridgehead atoms. The first-order valence-electron chi connectivity index (χ1n) is 14.4. The second-order valence-corrected chi connectivity index (χ2v) is 11.2. The quantitative estimate of drug-likeness (QED) is 0.196. The van der Waals surface area contributed by atoms with Gasteiger partial charge in [0.1, 0.15) is 34.6 Å². The lowest BCUT2D eigenvalue weighted by Crippen LogP contribution is -2.40. The van der Waals surface area contributed by atoms with Crippen molar-refractivity contribution >= 4 is 28.4 Å². The summed E-state index contributed by atoms with van der Waals surface area (Å²) in [5.41, 5.74) is 1.77. The van der Waals surface area contributed by atoms with E-state index in [2.05, 4.69) is 9.97 Å². The van der Waals surface area contributed by atoms with Gasteiger partial charge in [-0.25, -0.2) is 4.98 Å². The topological polar surface area (TPSA) is 80.6 Å². The van der Waals surface area contributed by atoms with E-state index in [4.69, 9.17) is 25.5 Å². The number of carbonyl (C=O) groups excluding carboxylic acids is 1. The number of ether oxygens (including phenoxy) is 2. The highest BCUT2D eigenvalue weighted by Crippen LogP contribution is 2.43. The Morgan fingerprint density at radius 2 is 1.78 bits per heavy atom. The van der Waals surface area contributed by atoms with Crippen LogP contribution < -0.4 is 9.47 Å². The maximum Gasteiger partial charge on any atom is 0.417 e. The van der Waals surface area contributed by atoms with Crippen LogP contribution in [0.2, 0.25) is 5.02 Å². The van der Waals surface area contributed by atoms with Crippen LogP contribution in [0.1, 0.15) is 39.0 Å². The first-order valence-corrected chi connectivity index (χ1v) is 14.7. The van der Waals surface area contributed by atoms with Gasteiger partial charge in [-0.05, 0) is 84.8 Å². The van der Waals surface area contributed by atoms with Crippen molar-refractivity contribution < 1.29 is 31.9 Å². The van der Waals surface area contributed by atoms with Crippen LogP contribution >= 0.6 is 11.6 Å². The van der Waals surface area contributed by atoms with Crippen molar-refractivity contribution in [2.75, 3.05) is 13.7 Å². The van der Waals surface area contributed by atoms with Crippen LogP contribution in [0.25, 0.3) is 22.2 Å². The first kappa shape index (κ1) is 29.5. The van der Waals surface area contributed by atoms with Gasteiger partial charge in [0.25, 0.3) is 5.91 Å². The summed E-state index contributed by atoms with van der Waals surface area (Å²) in [6, 6.07) is 23.1. The lowest BCUT2D eigenvalue weighted by atomic mass is 9.95. The van der Waals surface area contributed by atoms with Gasteiger partial charge in [-0.15, -0.1) is 0 Å². The molecule has 0 radical (unpaired) electrons. The maximum absolute atomic E-state index is 14.4. The average Bonchev–Trinajstić information content (AvgIpc) is 3.70. The Morgan fingerprint density at radius 1 is 1.00 bits per heavy atom. The number of nitrogens with one attached hydrogen (secondary N) is 1. The van der Waals surface area contributed by atoms with Crippen molar-refractivity contribution in [1.82, 2.24) is 14.9 Å². The standard InChI is InChI=1S/C35H25ClF3N3O4/c1-44-22-12-13-28-26(19-22)23-16-18-42(34(43)25-6-4-17-40-33(25)45-21-10-8-20(36)9-11-21)32(31(23)41-28)30-15-14-29(46-30)24-5-2-3-7-27(24)35(37,38)39/h2-15,17,19,32,41H,16,18H2,1H3/t32-/m0/s1. The summed E-state index contributed by atoms with van der Waals surface area (Å²) >= 11 is 6.02. The summed E-state index contributed by atoms with van der Waals surface area (Å²) < 4.78 is 59.4. The molecule has 0 saturated heterocycles. The molecule has 46 heavy (non-hydrogen) atoms. The lowest BCUT2D eigenvalue weighted by Gasteiger charge is -2.35. The van der Waals surface area contributed by atoms with E-state index in [1.165, 1.54) is 30.5 Å². The molecule has 6 aromatic rings. The molecule has 3 aromatic heterocycles. The molecule has 7 rings (SSSR count). The van der Waals surface area contributed by atoms with Crippen molar-refractivity contribution in [3.8, 4) is 28.7 Å². The molecule has 1 aliphatic heterocycles. The number of benzene rings is 3. The zero-order valence-corrected chi connectivity index (χ0v) is 25.0. The summed E-state index contributed by atoms with van der Waals surface area (Å²) in [6.45, 7) is 0.283. The fourth-order valence-corrected chi connectivity index (χ4v) is 6.03. The Morgan fingerprint density at radius 3 is 2.57 bits per heavy atom. The monoisotopic (exact) mass is 643 g/mol. The first-order chi connectivity index (χ1) is 22.2. The molecular formula is C35H25ClF3N3O4. The van der Waals surface area contributed by atoms with Gasteiger partial charge in [-0.2, -0.15) is 13.2 Å². The van der Waals surface area contributed by atoms with Crippen LogP contribution in [0.5, 0.6) is 17.4 Å². The molecule has 0 fully saturated rings. The number of hydrogen-bond donors (Lipinski definition) is 1. The van der Waals surface area contributed by atoms with Crippen molar-refractivity contribution in [2.24, 2.45) is 0 Å². The number of carbonyl (C=O) groups is 1. The highest BCUT2D eigenvalue weighted by Gasteiger charge is 2.39. The van der Waals surface area contributed by atoms with E-state index in [0.29, 0.717) is 34.4 Å². The number of aromatic nitrogens is 2. The van der Waals surface area contributed by atoms with E-state index in [0.717, 1.165) is 22.5 Å². The number of fused-ring (bicyclic) bond motifs is 3. The van der Waals surface area contributed by atoms with E-state index in [-0.39, 0.29) is 29.3 Å². The van der Waals surface area contributed by atoms with Crippen LogP contribution in [-0.4, -0.2) is 34.4 Å². The van der Waals surface area contributed by atoms with E-state index in [1.807, 2.05) is 18.2 Å². The Labute approximate surface area is 266 Å². The second-order valence-electron chi connectivity index (χ2n) is 10.7. The van der Waals surface area contributed by atoms with Gasteiger partial charge in [0.15, 0.2) is 0 Å². The molecule has 0 spiro atoms. The van der Waals surface area contributed by atoms with Crippen LogP contribution in [0.4, 0.5) is 13.2 Å². The number of aromatic amines is 1. The highest BCUT2D eigenvalue weighted by atomic mass is 35.5. The Hall–Kier alpha value is -5.22. The van der Waals surface area contributed by atoms with E-state index in [1.54, 1.807) is 54.5 Å². The van der Waals surface area contributed by atoms with Gasteiger partial charge < -0.3 is 23.8 Å². The van der Waals surface area contributed by atoms with Crippen molar-refractivity contribution in [3.63, 3.8) is 0 Å². The van der Waals surface area contributed by atoms with Crippen molar-refractivity contribution in [3.05, 3.63) is 130 Å². The molecule has 7 nitrogen and oxygen atoms in total. The third kappa shape index (κ3) is 5.34. The van der Waals surface area contributed by atoms with Gasteiger partial charge in [-0.3, -0.25) is 4.79 Å². The second kappa shape index (κ2) is 11.6. The third-order valence-corrected chi connectivity index (χ3v) is 8.27. The largest absolute Gasteiger partial charge is 0.497 e. The molecule has 0 saturated carbocycles. The summed E-state index contributed by atoms with van der Waals surface area (Å²) in [5, 5.41) is 1.46. The van der Waals surface area contributed by atoms with Crippen molar-refractivity contribution in [1.29, 1.82) is 0 Å². The number of methoxy groups -OCH3 is 1. The molecular weight excluding hydrogens is 619 g/mol. The third-order valence-electron chi connectivity index (χ3n) is 8.02. The Balaban J connectivity index is 1.34. The van der Waals surface area contributed by atoms with E-state index < -0.39 is 23.7 Å². The molecule has 3 aromatic carbocycles. The van der Waals surface area contributed by atoms with Crippen LogP contribution in [0.3, 0.4) is 0 Å². The summed E-state index contributed by atoms with van der Waals surface area (Å²) in [7, 11) is 1.59. The van der Waals surface area contributed by atoms with E-state index in [9.17, 15) is 18.0 Å². The SMILES string of the molecule is COc1ccc2[nH]c3c(c2c1)CCN(C(=O)c1cccnc1Oc1ccc(Cl)cc1)[C@H]3c1ccc(-c2ccccc2C(F)(F)F)o1. The summed E-state index contributed by atoms with van der Waals surface area (Å²) in [5.74, 6) is 1.15. The fourth-order valence-electron chi connectivity index (χ4n) is 5.90. The number of rotatable bonds is 6. The van der Waals surface area contributed by atoms with Crippen LogP contribution in [0, 0.1) is 0 Å². The molecule has 0 aliphatic carbocycles. The zero-order chi connectivity index (χ0) is 32.0. The minimum atomic E-state index is -4.58. The molecule has 0 unspecified atom stereocenters. The molecule has 1 aliphatic rings. The molecule has 1 atom stereocenters. The predicted octanol–water partition coefficient (Wildman–Crippen LogP) is 9.08. The minimum Gasteiger partial charge on any atom is -0.497 e. The normalized spacial score (nSPS) is 14.7. The van der Waals surface area contributed by atoms with Gasteiger partial charge in [0.05, 0.1) is 18.4 Å². The number of amides is 1. The number of halogens is 4. The molecule has 1 amide bonds. The molecule has 232 valence electrons. The van der Waals surface area contributed by atoms with Gasteiger partial charge in [0.2, 0.25) is 5.88 Å². The number of furan rings is 1. The highest BCUT2D eigenvalue weighted by molar-refractivity contribution is 6.30. The minimum absolute atomic E-state index is 0.0355. The predicted molar refractivity (Wildman–Crippen MR) is 166 cm³/mol. The number of H-pyrrole nitrogens is 1. The Bertz CT molecular complexity index is 2070. The Kier molecular flexibility index (Phi) is 7.44. The molecule has 1 N–H and O–H groups in total. The number of alkyl halides is 3. The fraction of sp³-hybridized carbons (Fsp3) is 0.143. The molecule has 11 heteroatoms. The molecule has 4 heterocycles. The van der Waals surface area contributed by atoms with Gasteiger partial charge >= 0.3 is 6.18 Å². The number of hydrogen-bond acceptors (Lipinski definition) is 5. The van der Waals surface area contributed by atoms with E-state index >= 15 is 0 Å². The number of pyridine rings is 1. The number of nitrogens with zero attached hydrogens (tertiary/aromatic N) is 2. The van der Waals surface area contributed by atoms with Crippen LogP contribution in [-0.2, 0) is 12.6 Å². The zero-order valence-electron chi connectivity index (χ0n) is 24.3. The smallest absolute Gasteiger partial charge is 0.417 e. The lowest BCUT2D eigenvalue weighted by molar-refractivity contribution is -0.137. The van der Waals surface area contributed by atoms with Crippen molar-refractivity contribution in [2.45, 2.75) is 18.6 Å².